The fourth-order valence-electron chi connectivity index (χ4n) is 11.5. The zero-order valence-corrected chi connectivity index (χ0v) is 35.8. The van der Waals surface area contributed by atoms with Gasteiger partial charge in [-0.25, -0.2) is 0 Å². The number of anilines is 3. The van der Waals surface area contributed by atoms with Crippen molar-refractivity contribution in [3.05, 3.63) is 216 Å². The molecule has 0 saturated carbocycles. The first kappa shape index (κ1) is 36.1. The molecule has 0 aliphatic heterocycles. The van der Waals surface area contributed by atoms with E-state index >= 15 is 0 Å². The maximum Gasteiger partial charge on any atom is 0.145 e. The number of rotatable bonds is 5. The van der Waals surface area contributed by atoms with Crippen LogP contribution in [0.5, 0.6) is 0 Å². The molecule has 2 aliphatic rings. The molecule has 0 spiro atoms. The minimum atomic E-state index is -0.167. The molecule has 2 aromatic heterocycles. The zero-order chi connectivity index (χ0) is 42.2. The highest BCUT2D eigenvalue weighted by molar-refractivity contribution is 6.22. The molecule has 300 valence electrons. The predicted molar refractivity (Wildman–Crippen MR) is 263 cm³/mol. The van der Waals surface area contributed by atoms with Gasteiger partial charge in [0.15, 0.2) is 0 Å². The molecule has 9 aromatic carbocycles. The van der Waals surface area contributed by atoms with Crippen LogP contribution in [-0.4, -0.2) is 4.57 Å². The number of hydrogen-bond donors (Lipinski definition) is 0. The number of furan rings is 1. The summed E-state index contributed by atoms with van der Waals surface area (Å²) in [6, 6.07) is 71.4. The lowest BCUT2D eigenvalue weighted by molar-refractivity contribution is 0.660. The molecule has 0 N–H and O–H groups in total. The molecule has 0 unspecified atom stereocenters. The molecule has 2 aliphatic carbocycles. The van der Waals surface area contributed by atoms with Gasteiger partial charge >= 0.3 is 0 Å². The molecule has 0 amide bonds. The second-order valence-electron chi connectivity index (χ2n) is 18.4. The van der Waals surface area contributed by atoms with Crippen LogP contribution in [0.3, 0.4) is 0 Å². The summed E-state index contributed by atoms with van der Waals surface area (Å²) in [5.74, 6) is 0. The second kappa shape index (κ2) is 13.0. The third-order valence-electron chi connectivity index (χ3n) is 14.4. The van der Waals surface area contributed by atoms with Crippen LogP contribution in [0.15, 0.2) is 199 Å². The van der Waals surface area contributed by atoms with Gasteiger partial charge in [-0.15, -0.1) is 0 Å². The van der Waals surface area contributed by atoms with Crippen LogP contribution < -0.4 is 4.90 Å². The van der Waals surface area contributed by atoms with Crippen LogP contribution >= 0.6 is 0 Å². The lowest BCUT2D eigenvalue weighted by Crippen LogP contribution is -2.17. The SMILES string of the molecule is CC1(C)c2ccccc2-c2ccc(N(c3cccc4c3-c3ccccc3C4(C)C)c3ccc(-c4cccc5c4c4ccccc4n5-c4ccccc4)c4oc5ccccc5c34)cc21. The summed E-state index contributed by atoms with van der Waals surface area (Å²) in [6.45, 7) is 9.48. The van der Waals surface area contributed by atoms with Crippen molar-refractivity contribution in [3.63, 3.8) is 0 Å². The van der Waals surface area contributed by atoms with Crippen molar-refractivity contribution in [1.82, 2.24) is 4.57 Å². The number of benzene rings is 9. The normalized spacial score (nSPS) is 14.3. The van der Waals surface area contributed by atoms with Crippen molar-refractivity contribution in [2.45, 2.75) is 38.5 Å². The Morgan fingerprint density at radius 3 is 1.86 bits per heavy atom. The smallest absolute Gasteiger partial charge is 0.145 e. The van der Waals surface area contributed by atoms with E-state index in [4.69, 9.17) is 4.42 Å². The Bertz CT molecular complexity index is 3690. The molecule has 0 radical (unpaired) electrons. The monoisotopic (exact) mass is 808 g/mol. The van der Waals surface area contributed by atoms with E-state index < -0.39 is 0 Å². The summed E-state index contributed by atoms with van der Waals surface area (Å²) in [6.07, 6.45) is 0. The molecule has 0 fully saturated rings. The maximum absolute atomic E-state index is 7.15. The highest BCUT2D eigenvalue weighted by Gasteiger charge is 2.40. The van der Waals surface area contributed by atoms with Gasteiger partial charge in [-0.1, -0.05) is 161 Å². The predicted octanol–water partition coefficient (Wildman–Crippen LogP) is 16.4. The van der Waals surface area contributed by atoms with Crippen molar-refractivity contribution in [2.75, 3.05) is 4.90 Å². The minimum Gasteiger partial charge on any atom is -0.455 e. The Kier molecular flexibility index (Phi) is 7.42. The highest BCUT2D eigenvalue weighted by atomic mass is 16.3. The van der Waals surface area contributed by atoms with Gasteiger partial charge in [-0.3, -0.25) is 0 Å². The van der Waals surface area contributed by atoms with E-state index in [1.165, 1.54) is 60.8 Å². The minimum absolute atomic E-state index is 0.158. The van der Waals surface area contributed by atoms with E-state index in [1.807, 2.05) is 0 Å². The van der Waals surface area contributed by atoms with Gasteiger partial charge in [0.25, 0.3) is 0 Å². The number of hydrogen-bond acceptors (Lipinski definition) is 2. The summed E-state index contributed by atoms with van der Waals surface area (Å²) in [7, 11) is 0. The van der Waals surface area contributed by atoms with E-state index in [1.54, 1.807) is 0 Å². The van der Waals surface area contributed by atoms with Crippen LogP contribution in [0.1, 0.15) is 49.9 Å². The van der Waals surface area contributed by atoms with E-state index in [9.17, 15) is 0 Å². The van der Waals surface area contributed by atoms with Gasteiger partial charge < -0.3 is 13.9 Å². The third kappa shape index (κ3) is 4.91. The van der Waals surface area contributed by atoms with Crippen LogP contribution in [0.2, 0.25) is 0 Å². The highest BCUT2D eigenvalue weighted by Crippen LogP contribution is 2.57. The number of fused-ring (bicyclic) bond motifs is 12. The molecule has 11 aromatic rings. The molecule has 2 heterocycles. The first-order valence-corrected chi connectivity index (χ1v) is 22.1. The Labute approximate surface area is 367 Å². The van der Waals surface area contributed by atoms with Gasteiger partial charge in [-0.05, 0) is 105 Å². The molecular formula is C60H44N2O. The van der Waals surface area contributed by atoms with Crippen molar-refractivity contribution in [1.29, 1.82) is 0 Å². The van der Waals surface area contributed by atoms with Gasteiger partial charge in [-0.2, -0.15) is 0 Å². The van der Waals surface area contributed by atoms with E-state index in [2.05, 4.69) is 231 Å². The summed E-state index contributed by atoms with van der Waals surface area (Å²) < 4.78 is 9.54. The fourth-order valence-corrected chi connectivity index (χ4v) is 11.5. The Hall–Kier alpha value is -7.62. The first-order chi connectivity index (χ1) is 30.8. The number of para-hydroxylation sites is 3. The van der Waals surface area contributed by atoms with E-state index in [-0.39, 0.29) is 10.8 Å². The van der Waals surface area contributed by atoms with Crippen molar-refractivity contribution in [3.8, 4) is 39.1 Å². The topological polar surface area (TPSA) is 21.3 Å². The van der Waals surface area contributed by atoms with Gasteiger partial charge in [0.2, 0.25) is 0 Å². The zero-order valence-electron chi connectivity index (χ0n) is 35.8. The van der Waals surface area contributed by atoms with Crippen molar-refractivity contribution in [2.24, 2.45) is 0 Å². The number of aromatic nitrogens is 1. The molecule has 3 nitrogen and oxygen atoms in total. The Morgan fingerprint density at radius 1 is 0.413 bits per heavy atom. The lowest BCUT2D eigenvalue weighted by Gasteiger charge is -2.31. The van der Waals surface area contributed by atoms with E-state index in [0.717, 1.165) is 61.3 Å². The number of nitrogens with zero attached hydrogens (tertiary/aromatic N) is 2. The van der Waals surface area contributed by atoms with Gasteiger partial charge in [0.05, 0.1) is 27.8 Å². The average molecular weight is 809 g/mol. The lowest BCUT2D eigenvalue weighted by atomic mass is 9.82. The molecule has 0 atom stereocenters. The summed E-state index contributed by atoms with van der Waals surface area (Å²) in [5, 5.41) is 4.61. The second-order valence-corrected chi connectivity index (χ2v) is 18.4. The maximum atomic E-state index is 7.15. The first-order valence-electron chi connectivity index (χ1n) is 22.1. The Balaban J connectivity index is 1.12. The molecule has 0 saturated heterocycles. The van der Waals surface area contributed by atoms with Crippen LogP contribution in [-0.2, 0) is 10.8 Å². The van der Waals surface area contributed by atoms with Crippen LogP contribution in [0.4, 0.5) is 17.1 Å². The largest absolute Gasteiger partial charge is 0.455 e. The van der Waals surface area contributed by atoms with Crippen molar-refractivity contribution >= 4 is 60.8 Å². The third-order valence-corrected chi connectivity index (χ3v) is 14.4. The molecule has 0 bridgehead atoms. The molecular weight excluding hydrogens is 765 g/mol. The fraction of sp³-hybridized carbons (Fsp3) is 0.100. The molecule has 3 heteroatoms. The Morgan fingerprint density at radius 2 is 1.02 bits per heavy atom. The quantitative estimate of drug-likeness (QED) is 0.173. The van der Waals surface area contributed by atoms with Gasteiger partial charge in [0, 0.05) is 49.5 Å². The molecule has 13 rings (SSSR count). The van der Waals surface area contributed by atoms with Crippen molar-refractivity contribution < 1.29 is 4.42 Å². The molecule has 63 heavy (non-hydrogen) atoms. The summed E-state index contributed by atoms with van der Waals surface area (Å²) >= 11 is 0. The van der Waals surface area contributed by atoms with Crippen LogP contribution in [0, 0.1) is 0 Å². The summed E-state index contributed by atoms with van der Waals surface area (Å²) in [4.78, 5) is 2.53. The summed E-state index contributed by atoms with van der Waals surface area (Å²) in [5.41, 5.74) is 21.1. The van der Waals surface area contributed by atoms with E-state index in [0.29, 0.717) is 0 Å². The van der Waals surface area contributed by atoms with Crippen LogP contribution in [0.25, 0.3) is 82.8 Å². The standard InChI is InChI=1S/C60H44N2O/c1-59(2)47-26-13-9-21-43(47)56-48(59)27-17-30-52(56)62(38-32-33-40-39-20-8-12-25-46(39)60(3,4)49(40)36-38)53-35-34-42(58-57(53)45-23-11-15-31-54(45)63-58)41-24-16-29-51-55(41)44-22-10-14-28-50(44)61(51)37-18-6-5-7-19-37/h5-36H,1-4H3. The van der Waals surface area contributed by atoms with Gasteiger partial charge in [0.1, 0.15) is 11.2 Å². The average Bonchev–Trinajstić information content (AvgIpc) is 4.01.